The predicted molar refractivity (Wildman–Crippen MR) is 162 cm³/mol. The summed E-state index contributed by atoms with van der Waals surface area (Å²) >= 11 is 0. The molecule has 6 aromatic carbocycles. The smallest absolute Gasteiger partial charge is 0.136 e. The first-order chi connectivity index (χ1) is 19.8. The molecular weight excluding hydrogens is 490 g/mol. The molecule has 0 amide bonds. The van der Waals surface area contributed by atoms with Gasteiger partial charge in [0.1, 0.15) is 22.3 Å². The average Bonchev–Trinajstić information content (AvgIpc) is 3.58. The first-order valence-electron chi connectivity index (χ1n) is 13.2. The molecule has 8 aromatic rings. The minimum atomic E-state index is 0.642. The number of fused-ring (bicyclic) bond motifs is 6. The Labute approximate surface area is 230 Å². The van der Waals surface area contributed by atoms with E-state index in [1.165, 1.54) is 0 Å². The molecule has 2 aromatic heterocycles. The first-order valence-corrected chi connectivity index (χ1v) is 13.2. The molecule has 186 valence electrons. The second-order valence-corrected chi connectivity index (χ2v) is 10.0. The second-order valence-electron chi connectivity index (χ2n) is 10.0. The highest BCUT2D eigenvalue weighted by molar-refractivity contribution is 6.08. The fraction of sp³-hybridized carbons (Fsp3) is 0. The third-order valence-corrected chi connectivity index (χ3v) is 7.76. The van der Waals surface area contributed by atoms with Gasteiger partial charge in [-0.15, -0.1) is 0 Å². The number of hydrogen-bond acceptors (Lipinski definition) is 3. The summed E-state index contributed by atoms with van der Waals surface area (Å²) in [7, 11) is 0. The van der Waals surface area contributed by atoms with E-state index in [1.807, 2.05) is 66.7 Å². The van der Waals surface area contributed by atoms with Crippen molar-refractivity contribution in [2.75, 3.05) is 0 Å². The van der Waals surface area contributed by atoms with E-state index in [2.05, 4.69) is 66.7 Å². The fourth-order valence-corrected chi connectivity index (χ4v) is 5.81. The molecule has 3 heteroatoms. The first kappa shape index (κ1) is 22.4. The van der Waals surface area contributed by atoms with Crippen LogP contribution in [0.2, 0.25) is 0 Å². The highest BCUT2D eigenvalue weighted by Gasteiger charge is 2.16. The third-order valence-electron chi connectivity index (χ3n) is 7.76. The lowest BCUT2D eigenvalue weighted by atomic mass is 9.88. The lowest BCUT2D eigenvalue weighted by Gasteiger charge is -2.14. The van der Waals surface area contributed by atoms with E-state index in [9.17, 15) is 5.26 Å². The van der Waals surface area contributed by atoms with Gasteiger partial charge in [0.15, 0.2) is 0 Å². The number of para-hydroxylation sites is 2. The van der Waals surface area contributed by atoms with Crippen LogP contribution < -0.4 is 0 Å². The second kappa shape index (κ2) is 8.73. The Kier molecular flexibility index (Phi) is 4.89. The van der Waals surface area contributed by atoms with Crippen LogP contribution in [0, 0.1) is 11.3 Å². The molecule has 0 aliphatic carbocycles. The van der Waals surface area contributed by atoms with Crippen molar-refractivity contribution in [3.8, 4) is 39.4 Å². The van der Waals surface area contributed by atoms with Gasteiger partial charge in [-0.25, -0.2) is 0 Å². The Hall–Kier alpha value is -5.59. The molecule has 0 saturated heterocycles. The molecule has 0 N–H and O–H groups in total. The average molecular weight is 512 g/mol. The zero-order chi connectivity index (χ0) is 26.6. The van der Waals surface area contributed by atoms with Crippen LogP contribution in [0.4, 0.5) is 0 Å². The van der Waals surface area contributed by atoms with Gasteiger partial charge in [0.2, 0.25) is 0 Å². The molecule has 8 rings (SSSR count). The maximum absolute atomic E-state index is 9.97. The van der Waals surface area contributed by atoms with E-state index in [4.69, 9.17) is 8.83 Å². The van der Waals surface area contributed by atoms with Gasteiger partial charge in [-0.2, -0.15) is 5.26 Å². The molecule has 3 nitrogen and oxygen atoms in total. The number of furan rings is 2. The summed E-state index contributed by atoms with van der Waals surface area (Å²) in [4.78, 5) is 0. The van der Waals surface area contributed by atoms with E-state index in [-0.39, 0.29) is 0 Å². The van der Waals surface area contributed by atoms with E-state index in [1.54, 1.807) is 0 Å². The van der Waals surface area contributed by atoms with Gasteiger partial charge in [0.05, 0.1) is 11.6 Å². The number of rotatable bonds is 3. The molecule has 0 radical (unpaired) electrons. The Morgan fingerprint density at radius 2 is 1.00 bits per heavy atom. The molecule has 0 saturated carbocycles. The number of nitriles is 1. The zero-order valence-electron chi connectivity index (χ0n) is 21.4. The summed E-state index contributed by atoms with van der Waals surface area (Å²) in [6.45, 7) is 0. The van der Waals surface area contributed by atoms with Crippen molar-refractivity contribution < 1.29 is 8.83 Å². The van der Waals surface area contributed by atoms with Crippen LogP contribution >= 0.6 is 0 Å². The maximum Gasteiger partial charge on any atom is 0.136 e. The molecule has 0 aliphatic rings. The Morgan fingerprint density at radius 1 is 0.400 bits per heavy atom. The summed E-state index contributed by atoms with van der Waals surface area (Å²) < 4.78 is 12.3. The lowest BCUT2D eigenvalue weighted by molar-refractivity contribution is 0.668. The van der Waals surface area contributed by atoms with Crippen molar-refractivity contribution >= 4 is 43.9 Å². The van der Waals surface area contributed by atoms with Crippen LogP contribution in [-0.4, -0.2) is 0 Å². The maximum atomic E-state index is 9.97. The standard InChI is InChI=1S/C37H21NO2/c38-22-26-7-1-2-8-27(26)32-19-23(24-14-17-31-29-9-3-5-11-34(29)40-37(31)21-24)13-16-28(32)25-15-18-36-33(20-25)30-10-4-6-12-35(30)39-36/h1-21H. The molecule has 0 unspecified atom stereocenters. The van der Waals surface area contributed by atoms with Gasteiger partial charge >= 0.3 is 0 Å². The molecule has 0 atom stereocenters. The normalized spacial score (nSPS) is 11.5. The molecule has 0 bridgehead atoms. The Morgan fingerprint density at radius 3 is 1.82 bits per heavy atom. The summed E-state index contributed by atoms with van der Waals surface area (Å²) in [5.74, 6) is 0. The van der Waals surface area contributed by atoms with Gasteiger partial charge in [-0.1, -0.05) is 78.9 Å². The number of benzene rings is 6. The van der Waals surface area contributed by atoms with Crippen molar-refractivity contribution in [1.29, 1.82) is 5.26 Å². The van der Waals surface area contributed by atoms with Crippen LogP contribution in [0.15, 0.2) is 136 Å². The fourth-order valence-electron chi connectivity index (χ4n) is 5.81. The highest BCUT2D eigenvalue weighted by Crippen LogP contribution is 2.40. The van der Waals surface area contributed by atoms with E-state index >= 15 is 0 Å². The van der Waals surface area contributed by atoms with Gasteiger partial charge < -0.3 is 8.83 Å². The van der Waals surface area contributed by atoms with Gasteiger partial charge in [0, 0.05) is 27.1 Å². The van der Waals surface area contributed by atoms with Gasteiger partial charge in [-0.3, -0.25) is 0 Å². The van der Waals surface area contributed by atoms with Gasteiger partial charge in [0.25, 0.3) is 0 Å². The molecule has 40 heavy (non-hydrogen) atoms. The van der Waals surface area contributed by atoms with Crippen molar-refractivity contribution in [2.45, 2.75) is 0 Å². The third kappa shape index (κ3) is 3.44. The van der Waals surface area contributed by atoms with Crippen molar-refractivity contribution in [3.05, 3.63) is 133 Å². The summed E-state index contributed by atoms with van der Waals surface area (Å²) in [6.07, 6.45) is 0. The topological polar surface area (TPSA) is 50.1 Å². The van der Waals surface area contributed by atoms with Crippen LogP contribution in [0.25, 0.3) is 77.3 Å². The zero-order valence-corrected chi connectivity index (χ0v) is 21.4. The lowest BCUT2D eigenvalue weighted by Crippen LogP contribution is -1.90. The van der Waals surface area contributed by atoms with E-state index < -0.39 is 0 Å². The van der Waals surface area contributed by atoms with Crippen LogP contribution in [0.3, 0.4) is 0 Å². The van der Waals surface area contributed by atoms with Crippen LogP contribution in [-0.2, 0) is 0 Å². The molecule has 0 fully saturated rings. The van der Waals surface area contributed by atoms with Crippen molar-refractivity contribution in [3.63, 3.8) is 0 Å². The monoisotopic (exact) mass is 511 g/mol. The highest BCUT2D eigenvalue weighted by atomic mass is 16.3. The predicted octanol–water partition coefficient (Wildman–Crippen LogP) is 10.4. The summed E-state index contributed by atoms with van der Waals surface area (Å²) in [5, 5.41) is 14.4. The van der Waals surface area contributed by atoms with Crippen molar-refractivity contribution in [2.24, 2.45) is 0 Å². The largest absolute Gasteiger partial charge is 0.456 e. The number of nitrogens with zero attached hydrogens (tertiary/aromatic N) is 1. The Bertz CT molecular complexity index is 2290. The molecule has 2 heterocycles. The molecular formula is C37H21NO2. The van der Waals surface area contributed by atoms with Crippen LogP contribution in [0.1, 0.15) is 5.56 Å². The minimum absolute atomic E-state index is 0.642. The SMILES string of the molecule is N#Cc1ccccc1-c1cc(-c2ccc3c(c2)oc2ccccc23)ccc1-c1ccc2oc3ccccc3c2c1. The Balaban J connectivity index is 1.34. The van der Waals surface area contributed by atoms with Gasteiger partial charge in [-0.05, 0) is 76.3 Å². The van der Waals surface area contributed by atoms with Crippen molar-refractivity contribution in [1.82, 2.24) is 0 Å². The quantitative estimate of drug-likeness (QED) is 0.237. The van der Waals surface area contributed by atoms with E-state index in [0.29, 0.717) is 5.56 Å². The number of hydrogen-bond donors (Lipinski definition) is 0. The summed E-state index contributed by atoms with van der Waals surface area (Å²) in [6, 6.07) is 45.6. The molecule has 0 aliphatic heterocycles. The minimum Gasteiger partial charge on any atom is -0.456 e. The van der Waals surface area contributed by atoms with Crippen LogP contribution in [0.5, 0.6) is 0 Å². The summed E-state index contributed by atoms with van der Waals surface area (Å²) in [5.41, 5.74) is 10.3. The van der Waals surface area contributed by atoms with E-state index in [0.717, 1.165) is 77.3 Å². The molecule has 0 spiro atoms.